The number of nitrogens with one attached hydrogen (secondary N) is 1. The number of hydrogen-bond donors (Lipinski definition) is 1. The van der Waals surface area contributed by atoms with Crippen molar-refractivity contribution in [3.05, 3.63) is 27.4 Å². The number of hydrogen-bond acceptors (Lipinski definition) is 6. The van der Waals surface area contributed by atoms with Crippen LogP contribution in [0, 0.1) is 6.92 Å². The van der Waals surface area contributed by atoms with E-state index in [0.29, 0.717) is 6.42 Å². The van der Waals surface area contributed by atoms with Gasteiger partial charge in [-0.1, -0.05) is 17.8 Å². The minimum absolute atomic E-state index is 0.0143. The van der Waals surface area contributed by atoms with Crippen molar-refractivity contribution < 1.29 is 4.79 Å². The molecule has 104 valence electrons. The van der Waals surface area contributed by atoms with Crippen molar-refractivity contribution in [2.45, 2.75) is 13.3 Å². The van der Waals surface area contributed by atoms with Gasteiger partial charge in [-0.15, -0.1) is 22.7 Å². The maximum atomic E-state index is 12.1. The van der Waals surface area contributed by atoms with Crippen molar-refractivity contribution >= 4 is 45.5 Å². The molecule has 4 nitrogen and oxygen atoms in total. The topological polar surface area (TPSA) is 54.4 Å². The third kappa shape index (κ3) is 3.11. The first kappa shape index (κ1) is 13.8. The Morgan fingerprint density at radius 3 is 3.10 bits per heavy atom. The number of aryl methyl sites for hydroxylation is 1. The van der Waals surface area contributed by atoms with E-state index < -0.39 is 0 Å². The van der Waals surface area contributed by atoms with Gasteiger partial charge in [0.15, 0.2) is 5.17 Å². The van der Waals surface area contributed by atoms with Crippen LogP contribution in [0.5, 0.6) is 0 Å². The molecule has 0 atom stereocenters. The van der Waals surface area contributed by atoms with E-state index in [1.54, 1.807) is 34.4 Å². The Bertz CT molecular complexity index is 646. The molecule has 0 bridgehead atoms. The van der Waals surface area contributed by atoms with E-state index in [-0.39, 0.29) is 5.91 Å². The van der Waals surface area contributed by atoms with E-state index in [2.05, 4.69) is 15.3 Å². The number of rotatable bonds is 3. The molecular weight excluding hydrogens is 310 g/mol. The number of thiazole rings is 1. The molecule has 1 aliphatic rings. The Morgan fingerprint density at radius 1 is 1.50 bits per heavy atom. The standard InChI is InChI=1S/C13H13N3OS3/c1-8-15-12(9-3-2-5-18-9)10(20-8)7-11(17)16-13-14-4-6-19-13/h2-3,5H,4,6-7H2,1H3,(H,14,16,17). The summed E-state index contributed by atoms with van der Waals surface area (Å²) >= 11 is 4.83. The predicted molar refractivity (Wildman–Crippen MR) is 86.8 cm³/mol. The summed E-state index contributed by atoms with van der Waals surface area (Å²) in [7, 11) is 0. The second kappa shape index (κ2) is 6.07. The lowest BCUT2D eigenvalue weighted by atomic mass is 10.2. The summed E-state index contributed by atoms with van der Waals surface area (Å²) in [6.07, 6.45) is 0.359. The molecule has 3 heterocycles. The number of carbonyl (C=O) groups is 1. The van der Waals surface area contributed by atoms with Crippen LogP contribution >= 0.6 is 34.4 Å². The third-order valence-electron chi connectivity index (χ3n) is 2.71. The fraction of sp³-hybridized carbons (Fsp3) is 0.308. The van der Waals surface area contributed by atoms with Crippen molar-refractivity contribution in [1.82, 2.24) is 10.3 Å². The summed E-state index contributed by atoms with van der Waals surface area (Å²) < 4.78 is 0. The van der Waals surface area contributed by atoms with Crippen LogP contribution in [0.2, 0.25) is 0 Å². The van der Waals surface area contributed by atoms with Crippen molar-refractivity contribution in [1.29, 1.82) is 0 Å². The average Bonchev–Trinajstić information content (AvgIpc) is 3.10. The molecule has 1 amide bonds. The zero-order valence-corrected chi connectivity index (χ0v) is 13.3. The van der Waals surface area contributed by atoms with Crippen molar-refractivity contribution in [3.63, 3.8) is 0 Å². The van der Waals surface area contributed by atoms with Gasteiger partial charge in [-0.3, -0.25) is 9.79 Å². The van der Waals surface area contributed by atoms with E-state index in [0.717, 1.165) is 37.9 Å². The van der Waals surface area contributed by atoms with E-state index in [1.807, 2.05) is 24.4 Å². The molecular formula is C13H13N3OS3. The van der Waals surface area contributed by atoms with Crippen LogP contribution in [-0.2, 0) is 11.2 Å². The van der Waals surface area contributed by atoms with E-state index in [1.165, 1.54) is 0 Å². The molecule has 0 fully saturated rings. The highest BCUT2D eigenvalue weighted by molar-refractivity contribution is 8.14. The minimum atomic E-state index is -0.0143. The van der Waals surface area contributed by atoms with Gasteiger partial charge in [0, 0.05) is 10.6 Å². The normalized spacial score (nSPS) is 14.3. The Kier molecular flexibility index (Phi) is 4.18. The highest BCUT2D eigenvalue weighted by atomic mass is 32.2. The van der Waals surface area contributed by atoms with E-state index >= 15 is 0 Å². The van der Waals surface area contributed by atoms with E-state index in [4.69, 9.17) is 0 Å². The molecule has 2 aromatic rings. The van der Waals surface area contributed by atoms with Gasteiger partial charge >= 0.3 is 0 Å². The van der Waals surface area contributed by atoms with Crippen molar-refractivity contribution in [3.8, 4) is 10.6 Å². The summed E-state index contributed by atoms with van der Waals surface area (Å²) in [6.45, 7) is 2.76. The average molecular weight is 323 g/mol. The number of amidine groups is 1. The maximum Gasteiger partial charge on any atom is 0.231 e. The van der Waals surface area contributed by atoms with Gasteiger partial charge in [-0.25, -0.2) is 4.98 Å². The lowest BCUT2D eigenvalue weighted by Crippen LogP contribution is -2.28. The largest absolute Gasteiger partial charge is 0.305 e. The molecule has 0 spiro atoms. The van der Waals surface area contributed by atoms with Gasteiger partial charge in [-0.2, -0.15) is 0 Å². The quantitative estimate of drug-likeness (QED) is 0.945. The number of thiophene rings is 1. The summed E-state index contributed by atoms with van der Waals surface area (Å²) in [5.74, 6) is 0.940. The molecule has 0 unspecified atom stereocenters. The van der Waals surface area contributed by atoms with Crippen LogP contribution in [-0.4, -0.2) is 28.4 Å². The number of amides is 1. The predicted octanol–water partition coefficient (Wildman–Crippen LogP) is 2.94. The second-order valence-electron chi connectivity index (χ2n) is 4.24. The number of aromatic nitrogens is 1. The first-order valence-electron chi connectivity index (χ1n) is 6.19. The van der Waals surface area contributed by atoms with Crippen LogP contribution in [0.4, 0.5) is 0 Å². The number of nitrogens with zero attached hydrogens (tertiary/aromatic N) is 2. The molecule has 0 saturated carbocycles. The summed E-state index contributed by atoms with van der Waals surface area (Å²) in [6, 6.07) is 4.04. The second-order valence-corrected chi connectivity index (χ2v) is 7.56. The van der Waals surface area contributed by atoms with Crippen LogP contribution in [0.3, 0.4) is 0 Å². The van der Waals surface area contributed by atoms with Crippen molar-refractivity contribution in [2.24, 2.45) is 4.99 Å². The zero-order chi connectivity index (χ0) is 13.9. The Morgan fingerprint density at radius 2 is 2.40 bits per heavy atom. The Balaban J connectivity index is 1.75. The smallest absolute Gasteiger partial charge is 0.231 e. The number of aliphatic imine (C=N–C) groups is 1. The van der Waals surface area contributed by atoms with Crippen LogP contribution in [0.1, 0.15) is 9.88 Å². The molecule has 0 aliphatic carbocycles. The molecule has 1 N–H and O–H groups in total. The number of thioether (sulfide) groups is 1. The van der Waals surface area contributed by atoms with Gasteiger partial charge in [0.25, 0.3) is 0 Å². The minimum Gasteiger partial charge on any atom is -0.305 e. The molecule has 20 heavy (non-hydrogen) atoms. The highest BCUT2D eigenvalue weighted by Crippen LogP contribution is 2.31. The van der Waals surface area contributed by atoms with Crippen LogP contribution in [0.25, 0.3) is 10.6 Å². The molecule has 3 rings (SSSR count). The first-order valence-corrected chi connectivity index (χ1v) is 8.88. The summed E-state index contributed by atoms with van der Waals surface area (Å²) in [5.41, 5.74) is 0.943. The zero-order valence-electron chi connectivity index (χ0n) is 10.9. The molecule has 1 aliphatic heterocycles. The van der Waals surface area contributed by atoms with Gasteiger partial charge in [0.2, 0.25) is 5.91 Å². The molecule has 7 heteroatoms. The monoisotopic (exact) mass is 323 g/mol. The fourth-order valence-electron chi connectivity index (χ4n) is 1.91. The summed E-state index contributed by atoms with van der Waals surface area (Å²) in [5, 5.41) is 6.62. The molecule has 2 aromatic heterocycles. The molecule has 0 saturated heterocycles. The van der Waals surface area contributed by atoms with Crippen LogP contribution < -0.4 is 5.32 Å². The number of carbonyl (C=O) groups excluding carboxylic acids is 1. The van der Waals surface area contributed by atoms with E-state index in [9.17, 15) is 4.79 Å². The molecule has 0 aromatic carbocycles. The van der Waals surface area contributed by atoms with Gasteiger partial charge in [-0.05, 0) is 18.4 Å². The maximum absolute atomic E-state index is 12.1. The van der Waals surface area contributed by atoms with Gasteiger partial charge in [0.1, 0.15) is 0 Å². The Hall–Kier alpha value is -1.18. The SMILES string of the molecule is Cc1nc(-c2cccs2)c(CC(=O)NC2=NCCS2)s1. The highest BCUT2D eigenvalue weighted by Gasteiger charge is 2.17. The van der Waals surface area contributed by atoms with Gasteiger partial charge in [0.05, 0.1) is 28.5 Å². The fourth-order valence-corrected chi connectivity index (χ4v) is 4.41. The third-order valence-corrected chi connectivity index (χ3v) is 5.45. The lowest BCUT2D eigenvalue weighted by molar-refractivity contribution is -0.118. The molecule has 0 radical (unpaired) electrons. The van der Waals surface area contributed by atoms with Crippen molar-refractivity contribution in [2.75, 3.05) is 12.3 Å². The first-order chi connectivity index (χ1) is 9.72. The Labute approximate surface area is 129 Å². The summed E-state index contributed by atoms with van der Waals surface area (Å²) in [4.78, 5) is 23.0. The van der Waals surface area contributed by atoms with Crippen LogP contribution in [0.15, 0.2) is 22.5 Å². The van der Waals surface area contributed by atoms with Gasteiger partial charge < -0.3 is 5.32 Å². The lowest BCUT2D eigenvalue weighted by Gasteiger charge is -2.03.